The molecule has 0 saturated carbocycles. The number of carbonyl (C=O) groups is 3. The van der Waals surface area contributed by atoms with Crippen molar-refractivity contribution in [1.82, 2.24) is 9.80 Å². The number of hydrogen-bond acceptors (Lipinski definition) is 5. The third-order valence-electron chi connectivity index (χ3n) is 3.91. The predicted octanol–water partition coefficient (Wildman–Crippen LogP) is 0.862. The van der Waals surface area contributed by atoms with Gasteiger partial charge >= 0.3 is 5.97 Å². The Labute approximate surface area is 138 Å². The van der Waals surface area contributed by atoms with Crippen LogP contribution in [0.4, 0.5) is 0 Å². The topological polar surface area (TPSA) is 66.9 Å². The molecule has 2 atom stereocenters. The molecule has 2 aliphatic heterocycles. The molecule has 3 rings (SSSR count). The molecule has 0 aliphatic carbocycles. The highest BCUT2D eigenvalue weighted by Crippen LogP contribution is 2.34. The zero-order chi connectivity index (χ0) is 16.4. The van der Waals surface area contributed by atoms with Gasteiger partial charge in [-0.3, -0.25) is 9.59 Å². The number of esters is 1. The molecule has 0 radical (unpaired) electrons. The Hall–Kier alpha value is -2.02. The predicted molar refractivity (Wildman–Crippen MR) is 85.4 cm³/mol. The maximum atomic E-state index is 12.6. The lowest BCUT2D eigenvalue weighted by Gasteiger charge is -2.37. The molecular formula is C16H18N2O4S. The molecule has 0 N–H and O–H groups in total. The molecule has 2 heterocycles. The van der Waals surface area contributed by atoms with Crippen LogP contribution in [0, 0.1) is 0 Å². The van der Waals surface area contributed by atoms with Gasteiger partial charge in [0.25, 0.3) is 5.91 Å². The van der Waals surface area contributed by atoms with Gasteiger partial charge in [0.1, 0.15) is 12.6 Å². The van der Waals surface area contributed by atoms with Crippen molar-refractivity contribution >= 4 is 29.5 Å². The van der Waals surface area contributed by atoms with Crippen molar-refractivity contribution in [3.8, 4) is 0 Å². The second-order valence-electron chi connectivity index (χ2n) is 5.43. The number of carbonyl (C=O) groups excluding carboxylic acids is 3. The standard InChI is InChI=1S/C16H18N2O4S/c1-2-22-16(21)12-10-23-15-14(20)17(9-13(19)18(12)15)8-11-6-4-3-5-7-11/h3-7,12,15H,2,8-10H2,1H3/t12-,15?/m0/s1. The normalized spacial score (nSPS) is 23.9. The lowest BCUT2D eigenvalue weighted by molar-refractivity contribution is -0.161. The highest BCUT2D eigenvalue weighted by atomic mass is 32.2. The summed E-state index contributed by atoms with van der Waals surface area (Å²) in [6, 6.07) is 8.91. The molecular weight excluding hydrogens is 316 g/mol. The summed E-state index contributed by atoms with van der Waals surface area (Å²) in [7, 11) is 0. The Morgan fingerprint density at radius 2 is 2.04 bits per heavy atom. The molecule has 1 aromatic rings. The average Bonchev–Trinajstić information content (AvgIpc) is 2.99. The Balaban J connectivity index is 1.74. The second kappa shape index (κ2) is 6.62. The SMILES string of the molecule is CCOC(=O)[C@@H]1CSC2C(=O)N(Cc3ccccc3)CC(=O)N21. The summed E-state index contributed by atoms with van der Waals surface area (Å²) >= 11 is 1.33. The van der Waals surface area contributed by atoms with Crippen LogP contribution >= 0.6 is 11.8 Å². The van der Waals surface area contributed by atoms with Gasteiger partial charge in [-0.25, -0.2) is 4.79 Å². The first-order valence-electron chi connectivity index (χ1n) is 7.54. The summed E-state index contributed by atoms with van der Waals surface area (Å²) in [4.78, 5) is 40.0. The van der Waals surface area contributed by atoms with Crippen molar-refractivity contribution in [1.29, 1.82) is 0 Å². The summed E-state index contributed by atoms with van der Waals surface area (Å²) in [5.74, 6) is -0.348. The van der Waals surface area contributed by atoms with Crippen molar-refractivity contribution in [3.63, 3.8) is 0 Å². The number of nitrogens with zero attached hydrogens (tertiary/aromatic N) is 2. The van der Waals surface area contributed by atoms with Crippen LogP contribution in [0.5, 0.6) is 0 Å². The average molecular weight is 334 g/mol. The summed E-state index contributed by atoms with van der Waals surface area (Å²) in [6.07, 6.45) is 0. The zero-order valence-corrected chi connectivity index (χ0v) is 13.6. The van der Waals surface area contributed by atoms with Crippen LogP contribution in [-0.2, 0) is 25.7 Å². The Morgan fingerprint density at radius 3 is 2.74 bits per heavy atom. The van der Waals surface area contributed by atoms with Gasteiger partial charge in [0, 0.05) is 12.3 Å². The van der Waals surface area contributed by atoms with E-state index >= 15 is 0 Å². The fourth-order valence-electron chi connectivity index (χ4n) is 2.84. The molecule has 7 heteroatoms. The van der Waals surface area contributed by atoms with E-state index in [1.165, 1.54) is 16.7 Å². The highest BCUT2D eigenvalue weighted by molar-refractivity contribution is 8.00. The number of ether oxygens (including phenoxy) is 1. The summed E-state index contributed by atoms with van der Waals surface area (Å²) < 4.78 is 5.01. The van der Waals surface area contributed by atoms with Crippen LogP contribution in [0.3, 0.4) is 0 Å². The zero-order valence-electron chi connectivity index (χ0n) is 12.8. The monoisotopic (exact) mass is 334 g/mol. The van der Waals surface area contributed by atoms with Gasteiger partial charge in [-0.05, 0) is 12.5 Å². The van der Waals surface area contributed by atoms with Gasteiger partial charge < -0.3 is 14.5 Å². The molecule has 23 heavy (non-hydrogen) atoms. The molecule has 1 aromatic carbocycles. The second-order valence-corrected chi connectivity index (χ2v) is 6.55. The van der Waals surface area contributed by atoms with E-state index in [4.69, 9.17) is 4.74 Å². The van der Waals surface area contributed by atoms with Gasteiger partial charge in [0.05, 0.1) is 6.61 Å². The first kappa shape index (κ1) is 15.9. The number of hydrogen-bond donors (Lipinski definition) is 0. The van der Waals surface area contributed by atoms with Crippen LogP contribution in [0.25, 0.3) is 0 Å². The van der Waals surface area contributed by atoms with Crippen molar-refractivity contribution in [2.24, 2.45) is 0 Å². The molecule has 2 saturated heterocycles. The van der Waals surface area contributed by atoms with Crippen LogP contribution in [0.2, 0.25) is 0 Å². The molecule has 2 aliphatic rings. The number of fused-ring (bicyclic) bond motifs is 1. The molecule has 2 fully saturated rings. The molecule has 1 unspecified atom stereocenters. The van der Waals surface area contributed by atoms with E-state index in [0.29, 0.717) is 12.3 Å². The van der Waals surface area contributed by atoms with Gasteiger partial charge in [-0.2, -0.15) is 0 Å². The lowest BCUT2D eigenvalue weighted by atomic mass is 10.1. The van der Waals surface area contributed by atoms with E-state index in [1.54, 1.807) is 11.8 Å². The van der Waals surface area contributed by atoms with Gasteiger partial charge in [0.2, 0.25) is 5.91 Å². The summed E-state index contributed by atoms with van der Waals surface area (Å²) in [6.45, 7) is 2.39. The Kier molecular flexibility index (Phi) is 4.56. The van der Waals surface area contributed by atoms with Crippen LogP contribution in [-0.4, -0.2) is 57.9 Å². The third kappa shape index (κ3) is 3.06. The molecule has 0 spiro atoms. The number of benzene rings is 1. The minimum Gasteiger partial charge on any atom is -0.464 e. The number of thioether (sulfide) groups is 1. The number of rotatable bonds is 4. The lowest BCUT2D eigenvalue weighted by Crippen LogP contribution is -2.59. The highest BCUT2D eigenvalue weighted by Gasteiger charge is 2.50. The maximum Gasteiger partial charge on any atom is 0.329 e. The third-order valence-corrected chi connectivity index (χ3v) is 5.17. The van der Waals surface area contributed by atoms with Crippen LogP contribution < -0.4 is 0 Å². The molecule has 6 nitrogen and oxygen atoms in total. The maximum absolute atomic E-state index is 12.6. The van der Waals surface area contributed by atoms with Crippen molar-refractivity contribution in [3.05, 3.63) is 35.9 Å². The van der Waals surface area contributed by atoms with E-state index in [9.17, 15) is 14.4 Å². The van der Waals surface area contributed by atoms with Crippen molar-refractivity contribution in [2.45, 2.75) is 24.9 Å². The minimum atomic E-state index is -0.653. The number of piperazine rings is 1. The van der Waals surface area contributed by atoms with E-state index in [0.717, 1.165) is 5.56 Å². The van der Waals surface area contributed by atoms with Gasteiger partial charge in [-0.1, -0.05) is 30.3 Å². The Bertz CT molecular complexity index is 622. The van der Waals surface area contributed by atoms with Crippen LogP contribution in [0.15, 0.2) is 30.3 Å². The largest absolute Gasteiger partial charge is 0.464 e. The smallest absolute Gasteiger partial charge is 0.329 e. The molecule has 0 aromatic heterocycles. The summed E-state index contributed by atoms with van der Waals surface area (Å²) in [5.41, 5.74) is 0.979. The van der Waals surface area contributed by atoms with Gasteiger partial charge in [-0.15, -0.1) is 11.8 Å². The fraction of sp³-hybridized carbons (Fsp3) is 0.438. The fourth-order valence-corrected chi connectivity index (χ4v) is 4.22. The first-order valence-corrected chi connectivity index (χ1v) is 8.58. The quantitative estimate of drug-likeness (QED) is 0.764. The van der Waals surface area contributed by atoms with E-state index in [2.05, 4.69) is 0 Å². The Morgan fingerprint density at radius 1 is 1.30 bits per heavy atom. The van der Waals surface area contributed by atoms with E-state index in [1.807, 2.05) is 30.3 Å². The molecule has 2 amide bonds. The molecule has 122 valence electrons. The van der Waals surface area contributed by atoms with E-state index in [-0.39, 0.29) is 25.0 Å². The molecule has 0 bridgehead atoms. The first-order chi connectivity index (χ1) is 11.1. The number of amides is 2. The van der Waals surface area contributed by atoms with Crippen LogP contribution in [0.1, 0.15) is 12.5 Å². The van der Waals surface area contributed by atoms with Crippen molar-refractivity contribution in [2.75, 3.05) is 18.9 Å². The van der Waals surface area contributed by atoms with Gasteiger partial charge in [0.15, 0.2) is 5.37 Å². The van der Waals surface area contributed by atoms with Crippen molar-refractivity contribution < 1.29 is 19.1 Å². The minimum absolute atomic E-state index is 0.000687. The summed E-state index contributed by atoms with van der Waals surface area (Å²) in [5, 5.41) is -0.616. The van der Waals surface area contributed by atoms with E-state index < -0.39 is 17.4 Å².